The molecule has 1 atom stereocenters. The summed E-state index contributed by atoms with van der Waals surface area (Å²) in [7, 11) is 1.21. The number of anilines is 1. The second-order valence-corrected chi connectivity index (χ2v) is 6.50. The summed E-state index contributed by atoms with van der Waals surface area (Å²) in [5.74, 6) is -2.78. The second-order valence-electron chi connectivity index (χ2n) is 5.17. The number of nitrogens with zero attached hydrogens (tertiary/aromatic N) is 1. The largest absolute Gasteiger partial charge is 0.469 e. The van der Waals surface area contributed by atoms with Crippen LogP contribution in [0.1, 0.15) is 12.6 Å². The number of benzene rings is 1. The van der Waals surface area contributed by atoms with Gasteiger partial charge in [0.2, 0.25) is 5.91 Å². The summed E-state index contributed by atoms with van der Waals surface area (Å²) >= 11 is 0.916. The van der Waals surface area contributed by atoms with Crippen molar-refractivity contribution in [1.82, 2.24) is 9.97 Å². The third kappa shape index (κ3) is 5.38. The van der Waals surface area contributed by atoms with Crippen LogP contribution in [0.5, 0.6) is 0 Å². The molecular weight excluding hydrogens is 368 g/mol. The second kappa shape index (κ2) is 8.56. The number of carbonyl (C=O) groups excluding carboxylic acids is 2. The zero-order valence-electron chi connectivity index (χ0n) is 13.8. The normalized spacial score (nSPS) is 11.7. The minimum absolute atomic E-state index is 0.124. The van der Waals surface area contributed by atoms with Gasteiger partial charge in [0.15, 0.2) is 5.16 Å². The van der Waals surface area contributed by atoms with E-state index in [1.165, 1.54) is 14.0 Å². The molecule has 1 aromatic heterocycles. The predicted molar refractivity (Wildman–Crippen MR) is 90.9 cm³/mol. The molecular formula is C16H15F2N3O4S. The minimum atomic E-state index is -0.901. The van der Waals surface area contributed by atoms with E-state index in [0.29, 0.717) is 6.07 Å². The zero-order chi connectivity index (χ0) is 19.3. The van der Waals surface area contributed by atoms with Crippen LogP contribution in [0.2, 0.25) is 0 Å². The summed E-state index contributed by atoms with van der Waals surface area (Å²) in [6.07, 6.45) is -0.185. The third-order valence-electron chi connectivity index (χ3n) is 3.17. The van der Waals surface area contributed by atoms with Crippen LogP contribution in [0, 0.1) is 11.6 Å². The topological polar surface area (TPSA) is 101 Å². The van der Waals surface area contributed by atoms with Gasteiger partial charge in [-0.05, 0) is 19.1 Å². The summed E-state index contributed by atoms with van der Waals surface area (Å²) in [6.45, 7) is 1.52. The number of methoxy groups -OCH3 is 1. The van der Waals surface area contributed by atoms with Gasteiger partial charge < -0.3 is 15.0 Å². The van der Waals surface area contributed by atoms with Gasteiger partial charge in [-0.2, -0.15) is 0 Å². The summed E-state index contributed by atoms with van der Waals surface area (Å²) < 4.78 is 31.0. The molecule has 1 heterocycles. The van der Waals surface area contributed by atoms with Gasteiger partial charge in [-0.15, -0.1) is 0 Å². The van der Waals surface area contributed by atoms with E-state index in [0.717, 1.165) is 30.0 Å². The lowest BCUT2D eigenvalue weighted by atomic mass is 10.3. The van der Waals surface area contributed by atoms with Crippen molar-refractivity contribution < 1.29 is 23.1 Å². The quantitative estimate of drug-likeness (QED) is 0.449. The van der Waals surface area contributed by atoms with Crippen LogP contribution in [-0.2, 0) is 20.7 Å². The highest BCUT2D eigenvalue weighted by atomic mass is 32.2. The number of hydrogen-bond acceptors (Lipinski definition) is 6. The van der Waals surface area contributed by atoms with Crippen LogP contribution in [0.25, 0.3) is 0 Å². The number of thioether (sulfide) groups is 1. The summed E-state index contributed by atoms with van der Waals surface area (Å²) in [4.78, 5) is 41.6. The van der Waals surface area contributed by atoms with E-state index in [-0.39, 0.29) is 23.0 Å². The molecule has 0 aliphatic rings. The lowest BCUT2D eigenvalue weighted by molar-refractivity contribution is -0.139. The van der Waals surface area contributed by atoms with Gasteiger partial charge in [-0.3, -0.25) is 14.4 Å². The van der Waals surface area contributed by atoms with Crippen molar-refractivity contribution >= 4 is 29.3 Å². The Balaban J connectivity index is 2.08. The van der Waals surface area contributed by atoms with Crippen LogP contribution in [0.4, 0.5) is 14.5 Å². The molecule has 0 bridgehead atoms. The number of aromatic amines is 1. The highest BCUT2D eigenvalue weighted by molar-refractivity contribution is 8.00. The van der Waals surface area contributed by atoms with Crippen LogP contribution < -0.4 is 10.9 Å². The SMILES string of the molecule is COC(=O)Cc1cc(=O)[nH]c(S[C@@H](C)C(=O)Nc2ccc(F)cc2F)n1. The number of carbonyl (C=O) groups is 2. The molecule has 10 heteroatoms. The van der Waals surface area contributed by atoms with Crippen LogP contribution >= 0.6 is 11.8 Å². The van der Waals surface area contributed by atoms with Gasteiger partial charge in [0.1, 0.15) is 11.6 Å². The van der Waals surface area contributed by atoms with Crippen molar-refractivity contribution in [1.29, 1.82) is 0 Å². The molecule has 0 radical (unpaired) electrons. The van der Waals surface area contributed by atoms with Gasteiger partial charge in [-0.25, -0.2) is 13.8 Å². The first kappa shape index (κ1) is 19.6. The van der Waals surface area contributed by atoms with Crippen molar-refractivity contribution in [3.8, 4) is 0 Å². The number of rotatable bonds is 6. The molecule has 2 N–H and O–H groups in total. The Labute approximate surface area is 151 Å². The Bertz CT molecular complexity index is 888. The van der Waals surface area contributed by atoms with E-state index < -0.39 is 34.3 Å². The lowest BCUT2D eigenvalue weighted by Gasteiger charge is -2.12. The number of halogens is 2. The van der Waals surface area contributed by atoms with Crippen LogP contribution in [0.15, 0.2) is 34.2 Å². The van der Waals surface area contributed by atoms with Gasteiger partial charge >= 0.3 is 5.97 Å². The van der Waals surface area contributed by atoms with Crippen molar-refractivity contribution in [2.45, 2.75) is 23.8 Å². The average Bonchev–Trinajstić information content (AvgIpc) is 2.56. The average molecular weight is 383 g/mol. The highest BCUT2D eigenvalue weighted by Gasteiger charge is 2.18. The molecule has 2 rings (SSSR count). The third-order valence-corrected chi connectivity index (χ3v) is 4.16. The predicted octanol–water partition coefficient (Wildman–Crippen LogP) is 1.88. The van der Waals surface area contributed by atoms with Crippen molar-refractivity contribution in [2.75, 3.05) is 12.4 Å². The standard InChI is InChI=1S/C16H15F2N3O4S/c1-8(15(24)20-12-4-3-9(17)5-11(12)18)26-16-19-10(6-13(22)21-16)7-14(23)25-2/h3-6,8H,7H2,1-2H3,(H,20,24)(H,19,21,22)/t8-/m0/s1. The fourth-order valence-electron chi connectivity index (χ4n) is 1.90. The molecule has 0 spiro atoms. The van der Waals surface area contributed by atoms with Crippen LogP contribution in [0.3, 0.4) is 0 Å². The monoisotopic (exact) mass is 383 g/mol. The Morgan fingerprint density at radius 3 is 2.73 bits per heavy atom. The molecule has 0 saturated heterocycles. The molecule has 0 saturated carbocycles. The van der Waals surface area contributed by atoms with Gasteiger partial charge in [0, 0.05) is 12.1 Å². The zero-order valence-corrected chi connectivity index (χ0v) is 14.7. The first-order valence-electron chi connectivity index (χ1n) is 7.38. The summed E-state index contributed by atoms with van der Waals surface area (Å²) in [5, 5.41) is 1.70. The maximum Gasteiger partial charge on any atom is 0.311 e. The number of H-pyrrole nitrogens is 1. The molecule has 1 aromatic carbocycles. The number of esters is 1. The number of nitrogens with one attached hydrogen (secondary N) is 2. The Hall–Kier alpha value is -2.75. The first-order chi connectivity index (χ1) is 12.3. The van der Waals surface area contributed by atoms with Crippen molar-refractivity contribution in [3.63, 3.8) is 0 Å². The van der Waals surface area contributed by atoms with E-state index >= 15 is 0 Å². The lowest BCUT2D eigenvalue weighted by Crippen LogP contribution is -2.24. The summed E-state index contributed by atoms with van der Waals surface area (Å²) in [5.41, 5.74) is -0.455. The first-order valence-corrected chi connectivity index (χ1v) is 8.26. The Kier molecular flexibility index (Phi) is 6.45. The molecule has 0 aliphatic heterocycles. The molecule has 138 valence electrons. The summed E-state index contributed by atoms with van der Waals surface area (Å²) in [6, 6.07) is 3.94. The van der Waals surface area contributed by atoms with Crippen molar-refractivity contribution in [3.05, 3.63) is 51.9 Å². The van der Waals surface area contributed by atoms with Gasteiger partial charge in [0.25, 0.3) is 5.56 Å². The van der Waals surface area contributed by atoms with E-state index in [1.54, 1.807) is 0 Å². The Morgan fingerprint density at radius 1 is 1.35 bits per heavy atom. The van der Waals surface area contributed by atoms with Crippen LogP contribution in [-0.4, -0.2) is 34.2 Å². The maximum atomic E-state index is 13.6. The van der Waals surface area contributed by atoms with E-state index in [2.05, 4.69) is 20.0 Å². The highest BCUT2D eigenvalue weighted by Crippen LogP contribution is 2.21. The van der Waals surface area contributed by atoms with Gasteiger partial charge in [-0.1, -0.05) is 11.8 Å². The minimum Gasteiger partial charge on any atom is -0.469 e. The number of hydrogen-bond donors (Lipinski definition) is 2. The Morgan fingerprint density at radius 2 is 2.08 bits per heavy atom. The van der Waals surface area contributed by atoms with Crippen molar-refractivity contribution in [2.24, 2.45) is 0 Å². The molecule has 1 amide bonds. The molecule has 0 unspecified atom stereocenters. The number of aromatic nitrogens is 2. The molecule has 26 heavy (non-hydrogen) atoms. The van der Waals surface area contributed by atoms with E-state index in [9.17, 15) is 23.2 Å². The van der Waals surface area contributed by atoms with E-state index in [1.807, 2.05) is 0 Å². The van der Waals surface area contributed by atoms with E-state index in [4.69, 9.17) is 0 Å². The van der Waals surface area contributed by atoms with Gasteiger partial charge in [0.05, 0.1) is 30.2 Å². The molecule has 0 fully saturated rings. The fourth-order valence-corrected chi connectivity index (χ4v) is 2.73. The fraction of sp³-hybridized carbons (Fsp3) is 0.250. The maximum absolute atomic E-state index is 13.6. The number of amides is 1. The smallest absolute Gasteiger partial charge is 0.311 e. The number of ether oxygens (including phenoxy) is 1. The molecule has 2 aromatic rings. The molecule has 0 aliphatic carbocycles. The molecule has 7 nitrogen and oxygen atoms in total.